The minimum Gasteiger partial charge on any atom is -0.456 e. The number of hydrogen-bond acceptors (Lipinski definition) is 5. The van der Waals surface area contributed by atoms with Crippen LogP contribution in [0, 0.1) is 0 Å². The van der Waals surface area contributed by atoms with Crippen molar-refractivity contribution in [1.29, 1.82) is 0 Å². The van der Waals surface area contributed by atoms with Gasteiger partial charge in [0.15, 0.2) is 0 Å². The van der Waals surface area contributed by atoms with Crippen LogP contribution < -0.4 is 10.1 Å². The van der Waals surface area contributed by atoms with Crippen LogP contribution in [0.25, 0.3) is 0 Å². The Hall–Kier alpha value is -3.36. The van der Waals surface area contributed by atoms with Crippen molar-refractivity contribution in [1.82, 2.24) is 4.31 Å². The Kier molecular flexibility index (Phi) is 5.67. The molecule has 0 spiro atoms. The third kappa shape index (κ3) is 4.55. The molecular formula is C22H17ClN2O5S. The van der Waals surface area contributed by atoms with Gasteiger partial charge < -0.3 is 10.1 Å². The van der Waals surface area contributed by atoms with E-state index in [0.717, 1.165) is 0 Å². The number of para-hydroxylation sites is 1. The third-order valence-corrected chi connectivity index (χ3v) is 6.59. The summed E-state index contributed by atoms with van der Waals surface area (Å²) < 4.78 is 31.3. The zero-order valence-electron chi connectivity index (χ0n) is 16.1. The fourth-order valence-corrected chi connectivity index (χ4v) is 4.79. The number of anilines is 1. The molecule has 7 nitrogen and oxygen atoms in total. The SMILES string of the molecule is O=C(CN1C(=O)c2ccccc2CS1(=O)=O)Nc1ccc(Oc2ccccc2Cl)cc1. The molecule has 1 aliphatic rings. The van der Waals surface area contributed by atoms with E-state index in [2.05, 4.69) is 5.32 Å². The van der Waals surface area contributed by atoms with E-state index >= 15 is 0 Å². The van der Waals surface area contributed by atoms with Crippen LogP contribution in [0.1, 0.15) is 15.9 Å². The number of carbonyl (C=O) groups excluding carboxylic acids is 2. The number of nitrogens with zero attached hydrogens (tertiary/aromatic N) is 1. The Balaban J connectivity index is 1.43. The van der Waals surface area contributed by atoms with Gasteiger partial charge in [-0.15, -0.1) is 0 Å². The van der Waals surface area contributed by atoms with Crippen molar-refractivity contribution >= 4 is 39.1 Å². The van der Waals surface area contributed by atoms with Crippen LogP contribution in [0.5, 0.6) is 11.5 Å². The Morgan fingerprint density at radius 2 is 1.68 bits per heavy atom. The molecule has 1 N–H and O–H groups in total. The molecule has 0 bridgehead atoms. The van der Waals surface area contributed by atoms with E-state index in [0.29, 0.717) is 32.1 Å². The van der Waals surface area contributed by atoms with Crippen molar-refractivity contribution < 1.29 is 22.7 Å². The van der Waals surface area contributed by atoms with Gasteiger partial charge in [0.05, 0.1) is 10.8 Å². The second-order valence-corrected chi connectivity index (χ2v) is 9.13. The Morgan fingerprint density at radius 3 is 2.42 bits per heavy atom. The molecule has 0 aromatic heterocycles. The van der Waals surface area contributed by atoms with Crippen molar-refractivity contribution in [3.05, 3.63) is 88.9 Å². The van der Waals surface area contributed by atoms with Gasteiger partial charge in [-0.2, -0.15) is 0 Å². The van der Waals surface area contributed by atoms with E-state index in [1.807, 2.05) is 0 Å². The molecule has 9 heteroatoms. The highest BCUT2D eigenvalue weighted by atomic mass is 35.5. The van der Waals surface area contributed by atoms with Crippen LogP contribution in [0.2, 0.25) is 5.02 Å². The Labute approximate surface area is 184 Å². The first-order chi connectivity index (χ1) is 14.8. The van der Waals surface area contributed by atoms with Gasteiger partial charge in [-0.3, -0.25) is 9.59 Å². The molecule has 2 amide bonds. The number of nitrogens with one attached hydrogen (secondary N) is 1. The maximum Gasteiger partial charge on any atom is 0.268 e. The molecule has 3 aromatic rings. The lowest BCUT2D eigenvalue weighted by Crippen LogP contribution is -2.45. The highest BCUT2D eigenvalue weighted by Gasteiger charge is 2.36. The summed E-state index contributed by atoms with van der Waals surface area (Å²) in [6.45, 7) is -0.604. The van der Waals surface area contributed by atoms with E-state index in [1.54, 1.807) is 72.8 Å². The second-order valence-electron chi connectivity index (χ2n) is 6.83. The summed E-state index contributed by atoms with van der Waals surface area (Å²) in [5.41, 5.74) is 1.14. The highest BCUT2D eigenvalue weighted by Crippen LogP contribution is 2.29. The van der Waals surface area contributed by atoms with E-state index < -0.39 is 28.4 Å². The maximum absolute atomic E-state index is 12.6. The first-order valence-electron chi connectivity index (χ1n) is 9.28. The topological polar surface area (TPSA) is 92.8 Å². The molecule has 0 saturated heterocycles. The first-order valence-corrected chi connectivity index (χ1v) is 11.3. The number of carbonyl (C=O) groups is 2. The van der Waals surface area contributed by atoms with Gasteiger partial charge in [0.2, 0.25) is 15.9 Å². The summed E-state index contributed by atoms with van der Waals surface area (Å²) in [7, 11) is -3.93. The zero-order valence-corrected chi connectivity index (χ0v) is 17.7. The minimum absolute atomic E-state index is 0.284. The van der Waals surface area contributed by atoms with Crippen molar-refractivity contribution in [3.8, 4) is 11.5 Å². The number of ether oxygens (including phenoxy) is 1. The predicted octanol–water partition coefficient (Wildman–Crippen LogP) is 4.06. The average Bonchev–Trinajstić information content (AvgIpc) is 2.74. The van der Waals surface area contributed by atoms with E-state index in [1.165, 1.54) is 0 Å². The van der Waals surface area contributed by atoms with Gasteiger partial charge in [0.25, 0.3) is 5.91 Å². The van der Waals surface area contributed by atoms with Gasteiger partial charge in [-0.25, -0.2) is 12.7 Å². The summed E-state index contributed by atoms with van der Waals surface area (Å²) in [5.74, 6) is -0.654. The Morgan fingerprint density at radius 1 is 1.00 bits per heavy atom. The third-order valence-electron chi connectivity index (χ3n) is 4.64. The molecular weight excluding hydrogens is 440 g/mol. The molecule has 158 valence electrons. The molecule has 0 radical (unpaired) electrons. The normalized spacial score (nSPS) is 14.6. The molecule has 1 heterocycles. The fraction of sp³-hybridized carbons (Fsp3) is 0.0909. The standard InChI is InChI=1S/C22H17ClN2O5S/c23-19-7-3-4-8-20(19)30-17-11-9-16(10-12-17)24-21(26)13-25-22(27)18-6-2-1-5-15(18)14-31(25,28)29/h1-12H,13-14H2,(H,24,26). The number of fused-ring (bicyclic) bond motifs is 1. The largest absolute Gasteiger partial charge is 0.456 e. The fourth-order valence-electron chi connectivity index (χ4n) is 3.15. The minimum atomic E-state index is -3.93. The molecule has 0 atom stereocenters. The van der Waals surface area contributed by atoms with Gasteiger partial charge in [0, 0.05) is 11.3 Å². The summed E-state index contributed by atoms with van der Waals surface area (Å²) in [4.78, 5) is 25.0. The highest BCUT2D eigenvalue weighted by molar-refractivity contribution is 7.89. The summed E-state index contributed by atoms with van der Waals surface area (Å²) in [6, 6.07) is 20.0. The number of sulfonamides is 1. The van der Waals surface area contributed by atoms with Crippen LogP contribution in [-0.4, -0.2) is 31.1 Å². The number of benzene rings is 3. The lowest BCUT2D eigenvalue weighted by atomic mass is 10.1. The van der Waals surface area contributed by atoms with E-state index in [4.69, 9.17) is 16.3 Å². The van der Waals surface area contributed by atoms with Crippen molar-refractivity contribution in [2.45, 2.75) is 5.75 Å². The molecule has 0 aliphatic carbocycles. The van der Waals surface area contributed by atoms with Crippen molar-refractivity contribution in [2.75, 3.05) is 11.9 Å². The number of amides is 2. The molecule has 31 heavy (non-hydrogen) atoms. The second kappa shape index (κ2) is 8.41. The van der Waals surface area contributed by atoms with Crippen LogP contribution in [-0.2, 0) is 20.6 Å². The number of hydrogen-bond donors (Lipinski definition) is 1. The molecule has 3 aromatic carbocycles. The zero-order chi connectivity index (χ0) is 22.0. The lowest BCUT2D eigenvalue weighted by Gasteiger charge is -2.27. The van der Waals surface area contributed by atoms with Crippen LogP contribution in [0.3, 0.4) is 0 Å². The maximum atomic E-state index is 12.6. The molecule has 0 saturated carbocycles. The van der Waals surface area contributed by atoms with Crippen molar-refractivity contribution in [2.24, 2.45) is 0 Å². The monoisotopic (exact) mass is 456 g/mol. The van der Waals surface area contributed by atoms with Gasteiger partial charge in [0.1, 0.15) is 18.0 Å². The van der Waals surface area contributed by atoms with Gasteiger partial charge in [-0.1, -0.05) is 41.9 Å². The molecule has 4 rings (SSSR count). The smallest absolute Gasteiger partial charge is 0.268 e. The van der Waals surface area contributed by atoms with Crippen LogP contribution in [0.4, 0.5) is 5.69 Å². The van der Waals surface area contributed by atoms with E-state index in [9.17, 15) is 18.0 Å². The molecule has 0 unspecified atom stereocenters. The van der Waals surface area contributed by atoms with Crippen LogP contribution >= 0.6 is 11.6 Å². The van der Waals surface area contributed by atoms with Crippen LogP contribution in [0.15, 0.2) is 72.8 Å². The first kappa shape index (κ1) is 20.9. The summed E-state index contributed by atoms with van der Waals surface area (Å²) in [5, 5.41) is 3.06. The van der Waals surface area contributed by atoms with Crippen molar-refractivity contribution in [3.63, 3.8) is 0 Å². The molecule has 0 fully saturated rings. The predicted molar refractivity (Wildman–Crippen MR) is 117 cm³/mol. The lowest BCUT2D eigenvalue weighted by molar-refractivity contribution is -0.116. The van der Waals surface area contributed by atoms with E-state index in [-0.39, 0.29) is 11.3 Å². The molecule has 1 aliphatic heterocycles. The summed E-state index contributed by atoms with van der Waals surface area (Å²) in [6.07, 6.45) is 0. The number of halogens is 1. The average molecular weight is 457 g/mol. The van der Waals surface area contributed by atoms with Gasteiger partial charge in [-0.05, 0) is 48.0 Å². The van der Waals surface area contributed by atoms with Gasteiger partial charge >= 0.3 is 0 Å². The number of rotatable bonds is 5. The summed E-state index contributed by atoms with van der Waals surface area (Å²) >= 11 is 6.07. The quantitative estimate of drug-likeness (QED) is 0.625. The Bertz CT molecular complexity index is 1260.